The first-order chi connectivity index (χ1) is 13.6. The Labute approximate surface area is 164 Å². The summed E-state index contributed by atoms with van der Waals surface area (Å²) < 4.78 is 13.4. The standard InChI is InChI=1S/C21H25FN6/c1-28(2)11-5-10-24-21-26-19(17-7-4-9-23-15-17)13-20(27-21)25-14-16-6-3-8-18(22)12-16/h3-4,6-9,12-13,15H,5,10-11,14H2,1-2H3,(H2,24,25,26,27). The number of aromatic nitrogens is 3. The molecule has 3 aromatic rings. The fraction of sp³-hybridized carbons (Fsp3) is 0.286. The highest BCUT2D eigenvalue weighted by molar-refractivity contribution is 5.63. The van der Waals surface area contributed by atoms with Crippen LogP contribution in [-0.4, -0.2) is 47.0 Å². The topological polar surface area (TPSA) is 66.0 Å². The van der Waals surface area contributed by atoms with E-state index in [0.29, 0.717) is 18.3 Å². The Morgan fingerprint density at radius 2 is 1.93 bits per heavy atom. The van der Waals surface area contributed by atoms with Gasteiger partial charge in [-0.3, -0.25) is 4.98 Å². The van der Waals surface area contributed by atoms with Crippen LogP contribution >= 0.6 is 0 Å². The third kappa shape index (κ3) is 5.99. The molecule has 0 amide bonds. The van der Waals surface area contributed by atoms with E-state index in [2.05, 4.69) is 30.5 Å². The average Bonchev–Trinajstić information content (AvgIpc) is 2.70. The molecule has 2 aromatic heterocycles. The third-order valence-electron chi connectivity index (χ3n) is 4.11. The van der Waals surface area contributed by atoms with E-state index in [0.717, 1.165) is 36.3 Å². The summed E-state index contributed by atoms with van der Waals surface area (Å²) >= 11 is 0. The van der Waals surface area contributed by atoms with E-state index in [1.54, 1.807) is 18.5 Å². The Balaban J connectivity index is 1.76. The van der Waals surface area contributed by atoms with Gasteiger partial charge in [-0.25, -0.2) is 9.37 Å². The Bertz CT molecular complexity index is 885. The van der Waals surface area contributed by atoms with E-state index in [1.165, 1.54) is 12.1 Å². The zero-order valence-corrected chi connectivity index (χ0v) is 16.2. The van der Waals surface area contributed by atoms with Gasteiger partial charge < -0.3 is 15.5 Å². The second kappa shape index (κ2) is 9.75. The number of halogens is 1. The van der Waals surface area contributed by atoms with Crippen molar-refractivity contribution in [1.29, 1.82) is 0 Å². The van der Waals surface area contributed by atoms with Gasteiger partial charge in [0, 0.05) is 37.1 Å². The van der Waals surface area contributed by atoms with Crippen LogP contribution in [0, 0.1) is 5.82 Å². The molecule has 0 bridgehead atoms. The van der Waals surface area contributed by atoms with Crippen molar-refractivity contribution < 1.29 is 4.39 Å². The maximum absolute atomic E-state index is 13.4. The summed E-state index contributed by atoms with van der Waals surface area (Å²) in [5.41, 5.74) is 2.54. The molecule has 0 radical (unpaired) electrons. The van der Waals surface area contributed by atoms with Gasteiger partial charge in [0.15, 0.2) is 0 Å². The number of nitrogens with zero attached hydrogens (tertiary/aromatic N) is 4. The average molecular weight is 380 g/mol. The summed E-state index contributed by atoms with van der Waals surface area (Å²) in [6.45, 7) is 2.24. The second-order valence-corrected chi connectivity index (χ2v) is 6.77. The predicted molar refractivity (Wildman–Crippen MR) is 111 cm³/mol. The van der Waals surface area contributed by atoms with Gasteiger partial charge in [0.2, 0.25) is 5.95 Å². The smallest absolute Gasteiger partial charge is 0.225 e. The molecule has 0 aliphatic heterocycles. The minimum Gasteiger partial charge on any atom is -0.366 e. The molecule has 0 spiro atoms. The van der Waals surface area contributed by atoms with E-state index in [-0.39, 0.29) is 5.82 Å². The first-order valence-electron chi connectivity index (χ1n) is 9.26. The molecular formula is C21H25FN6. The van der Waals surface area contributed by atoms with E-state index in [9.17, 15) is 4.39 Å². The highest BCUT2D eigenvalue weighted by Gasteiger charge is 2.07. The van der Waals surface area contributed by atoms with Crippen LogP contribution in [0.5, 0.6) is 0 Å². The van der Waals surface area contributed by atoms with Crippen LogP contribution in [0.2, 0.25) is 0 Å². The first kappa shape index (κ1) is 19.7. The van der Waals surface area contributed by atoms with Crippen LogP contribution < -0.4 is 10.6 Å². The summed E-state index contributed by atoms with van der Waals surface area (Å²) in [5.74, 6) is 0.983. The number of hydrogen-bond acceptors (Lipinski definition) is 6. The van der Waals surface area contributed by atoms with Crippen molar-refractivity contribution in [1.82, 2.24) is 19.9 Å². The van der Waals surface area contributed by atoms with Gasteiger partial charge in [0.25, 0.3) is 0 Å². The molecule has 146 valence electrons. The quantitative estimate of drug-likeness (QED) is 0.553. The van der Waals surface area contributed by atoms with Crippen molar-refractivity contribution >= 4 is 11.8 Å². The molecule has 28 heavy (non-hydrogen) atoms. The Morgan fingerprint density at radius 3 is 2.68 bits per heavy atom. The second-order valence-electron chi connectivity index (χ2n) is 6.77. The lowest BCUT2D eigenvalue weighted by atomic mass is 10.2. The number of benzene rings is 1. The SMILES string of the molecule is CN(C)CCCNc1nc(NCc2cccc(F)c2)cc(-c2cccnc2)n1. The minimum absolute atomic E-state index is 0.249. The van der Waals surface area contributed by atoms with Gasteiger partial charge in [-0.2, -0.15) is 4.98 Å². The summed E-state index contributed by atoms with van der Waals surface area (Å²) in [7, 11) is 4.10. The maximum atomic E-state index is 13.4. The van der Waals surface area contributed by atoms with Gasteiger partial charge in [0.05, 0.1) is 5.69 Å². The molecule has 1 aromatic carbocycles. The molecule has 7 heteroatoms. The van der Waals surface area contributed by atoms with Crippen molar-refractivity contribution in [3.05, 3.63) is 66.2 Å². The summed E-state index contributed by atoms with van der Waals surface area (Å²) in [5, 5.41) is 6.55. The molecular weight excluding hydrogens is 355 g/mol. The van der Waals surface area contributed by atoms with Crippen molar-refractivity contribution in [3.8, 4) is 11.3 Å². The van der Waals surface area contributed by atoms with Gasteiger partial charge in [0.1, 0.15) is 11.6 Å². The van der Waals surface area contributed by atoms with Crippen LogP contribution in [0.4, 0.5) is 16.2 Å². The van der Waals surface area contributed by atoms with Crippen LogP contribution in [0.3, 0.4) is 0 Å². The van der Waals surface area contributed by atoms with Crippen LogP contribution in [0.25, 0.3) is 11.3 Å². The fourth-order valence-corrected chi connectivity index (χ4v) is 2.71. The summed E-state index contributed by atoms with van der Waals surface area (Å²) in [6.07, 6.45) is 4.49. The highest BCUT2D eigenvalue weighted by atomic mass is 19.1. The number of nitrogens with one attached hydrogen (secondary N) is 2. The molecule has 0 atom stereocenters. The van der Waals surface area contributed by atoms with Gasteiger partial charge >= 0.3 is 0 Å². The van der Waals surface area contributed by atoms with Gasteiger partial charge in [-0.15, -0.1) is 0 Å². The predicted octanol–water partition coefficient (Wildman–Crippen LogP) is 3.65. The van der Waals surface area contributed by atoms with Crippen molar-refractivity contribution in [3.63, 3.8) is 0 Å². The molecule has 0 saturated carbocycles. The normalized spacial score (nSPS) is 10.9. The highest BCUT2D eigenvalue weighted by Crippen LogP contribution is 2.21. The van der Waals surface area contributed by atoms with E-state index >= 15 is 0 Å². The lowest BCUT2D eigenvalue weighted by molar-refractivity contribution is 0.405. The molecule has 3 rings (SSSR count). The lowest BCUT2D eigenvalue weighted by Crippen LogP contribution is -2.17. The van der Waals surface area contributed by atoms with Gasteiger partial charge in [-0.05, 0) is 56.9 Å². The molecule has 0 saturated heterocycles. The Morgan fingerprint density at radius 1 is 1.04 bits per heavy atom. The van der Waals surface area contributed by atoms with E-state index in [4.69, 9.17) is 0 Å². The van der Waals surface area contributed by atoms with Crippen molar-refractivity contribution in [2.45, 2.75) is 13.0 Å². The lowest BCUT2D eigenvalue weighted by Gasteiger charge is -2.13. The van der Waals surface area contributed by atoms with Crippen LogP contribution in [0.15, 0.2) is 54.9 Å². The monoisotopic (exact) mass is 380 g/mol. The first-order valence-corrected chi connectivity index (χ1v) is 9.26. The molecule has 6 nitrogen and oxygen atoms in total. The largest absolute Gasteiger partial charge is 0.366 e. The zero-order valence-electron chi connectivity index (χ0n) is 16.2. The summed E-state index contributed by atoms with van der Waals surface area (Å²) in [6, 6.07) is 12.2. The maximum Gasteiger partial charge on any atom is 0.225 e. The zero-order chi connectivity index (χ0) is 19.8. The number of pyridine rings is 1. The molecule has 0 unspecified atom stereocenters. The van der Waals surface area contributed by atoms with Crippen LogP contribution in [0.1, 0.15) is 12.0 Å². The Kier molecular flexibility index (Phi) is 6.86. The van der Waals surface area contributed by atoms with Crippen molar-refractivity contribution in [2.24, 2.45) is 0 Å². The molecule has 2 heterocycles. The van der Waals surface area contributed by atoms with E-state index in [1.807, 2.05) is 38.4 Å². The minimum atomic E-state index is -0.249. The number of anilines is 2. The van der Waals surface area contributed by atoms with Crippen LogP contribution in [-0.2, 0) is 6.54 Å². The Hall–Kier alpha value is -3.06. The fourth-order valence-electron chi connectivity index (χ4n) is 2.71. The van der Waals surface area contributed by atoms with E-state index < -0.39 is 0 Å². The number of hydrogen-bond donors (Lipinski definition) is 2. The van der Waals surface area contributed by atoms with Crippen molar-refractivity contribution in [2.75, 3.05) is 37.8 Å². The molecule has 0 aliphatic rings. The molecule has 0 aliphatic carbocycles. The number of rotatable bonds is 9. The van der Waals surface area contributed by atoms with Gasteiger partial charge in [-0.1, -0.05) is 12.1 Å². The molecule has 2 N–H and O–H groups in total. The molecule has 0 fully saturated rings. The summed E-state index contributed by atoms with van der Waals surface area (Å²) in [4.78, 5) is 15.5. The third-order valence-corrected chi connectivity index (χ3v) is 4.11.